The zero-order chi connectivity index (χ0) is 29.3. The molecule has 12 nitrogen and oxygen atoms in total. The molecule has 0 saturated carbocycles. The number of nitrogens with two attached hydrogens (primary N) is 1. The Morgan fingerprint density at radius 1 is 1.23 bits per heavy atom. The molecular formula is C26H36N6O6S2. The minimum Gasteiger partial charge on any atom is -0.444 e. The molecule has 1 aromatic heterocycles. The number of thiazole rings is 1. The standard InChI is InChI=1S/C26H36N6O6S2/c1-5-12-32(37-13-7-6-10-29-25(34)38-26(2,3)4)23(33)19-15-18-8-9-20(17-21(18)30-22(27)16-19)40(35,36)31-24-28-11-14-39-24/h8-9,11,14-15,17H,5-7,10,12-13,16H2,1-4H3,(H2,27,30)(H,28,31)(H,29,34). The van der Waals surface area contributed by atoms with E-state index in [0.29, 0.717) is 49.2 Å². The van der Waals surface area contributed by atoms with Crippen LogP contribution in [0.3, 0.4) is 0 Å². The van der Waals surface area contributed by atoms with E-state index in [1.54, 1.807) is 38.3 Å². The van der Waals surface area contributed by atoms with Crippen LogP contribution in [0.25, 0.3) is 6.08 Å². The van der Waals surface area contributed by atoms with Crippen molar-refractivity contribution in [1.82, 2.24) is 15.4 Å². The Morgan fingerprint density at radius 2 is 2.00 bits per heavy atom. The van der Waals surface area contributed by atoms with Gasteiger partial charge in [-0.1, -0.05) is 13.0 Å². The summed E-state index contributed by atoms with van der Waals surface area (Å²) in [5.74, 6) is -0.174. The highest BCUT2D eigenvalue weighted by Crippen LogP contribution is 2.30. The van der Waals surface area contributed by atoms with Gasteiger partial charge in [0.05, 0.1) is 17.2 Å². The molecule has 2 amide bonds. The van der Waals surface area contributed by atoms with Gasteiger partial charge in [-0.3, -0.25) is 14.4 Å². The number of amides is 2. The summed E-state index contributed by atoms with van der Waals surface area (Å²) in [5, 5.41) is 5.92. The van der Waals surface area contributed by atoms with Crippen molar-refractivity contribution in [3.05, 3.63) is 40.9 Å². The first kappa shape index (κ1) is 31.0. The Bertz CT molecular complexity index is 1350. The van der Waals surface area contributed by atoms with Gasteiger partial charge in [0.1, 0.15) is 11.4 Å². The first-order valence-electron chi connectivity index (χ1n) is 12.9. The number of carbonyl (C=O) groups excluding carboxylic acids is 2. The number of unbranched alkanes of at least 4 members (excludes halogenated alkanes) is 1. The van der Waals surface area contributed by atoms with Gasteiger partial charge >= 0.3 is 6.09 Å². The Hall–Kier alpha value is -3.49. The molecule has 0 radical (unpaired) electrons. The number of carbonyl (C=O) groups is 2. The zero-order valence-electron chi connectivity index (χ0n) is 23.1. The van der Waals surface area contributed by atoms with E-state index in [1.165, 1.54) is 23.4 Å². The monoisotopic (exact) mass is 592 g/mol. The molecule has 14 heteroatoms. The van der Waals surface area contributed by atoms with Gasteiger partial charge in [-0.25, -0.2) is 28.3 Å². The van der Waals surface area contributed by atoms with Crippen LogP contribution in [-0.4, -0.2) is 61.6 Å². The lowest BCUT2D eigenvalue weighted by molar-refractivity contribution is -0.182. The van der Waals surface area contributed by atoms with Crippen molar-refractivity contribution >= 4 is 56.1 Å². The molecule has 0 unspecified atom stereocenters. The number of amidine groups is 1. The molecule has 1 aromatic carbocycles. The summed E-state index contributed by atoms with van der Waals surface area (Å²) < 4.78 is 33.2. The normalized spacial score (nSPS) is 13.4. The van der Waals surface area contributed by atoms with E-state index in [-0.39, 0.29) is 34.8 Å². The number of hydrogen-bond donors (Lipinski definition) is 3. The molecular weight excluding hydrogens is 556 g/mol. The largest absolute Gasteiger partial charge is 0.444 e. The molecule has 218 valence electrons. The average molecular weight is 593 g/mol. The molecule has 0 atom stereocenters. The van der Waals surface area contributed by atoms with Gasteiger partial charge < -0.3 is 15.8 Å². The first-order chi connectivity index (χ1) is 18.9. The molecule has 2 aromatic rings. The summed E-state index contributed by atoms with van der Waals surface area (Å²) in [5.41, 5.74) is 6.82. The Kier molecular flexibility index (Phi) is 10.7. The number of aromatic nitrogens is 1. The molecule has 1 aliphatic rings. The minimum atomic E-state index is -3.89. The molecule has 40 heavy (non-hydrogen) atoms. The van der Waals surface area contributed by atoms with Crippen LogP contribution in [-0.2, 0) is 24.4 Å². The number of nitrogens with zero attached hydrogens (tertiary/aromatic N) is 3. The molecule has 2 heterocycles. The Morgan fingerprint density at radius 3 is 2.67 bits per heavy atom. The van der Waals surface area contributed by atoms with Crippen LogP contribution in [0.1, 0.15) is 58.9 Å². The summed E-state index contributed by atoms with van der Waals surface area (Å²) in [6, 6.07) is 4.44. The van der Waals surface area contributed by atoms with Crippen LogP contribution in [0.2, 0.25) is 0 Å². The van der Waals surface area contributed by atoms with Crippen LogP contribution in [0.5, 0.6) is 0 Å². The van der Waals surface area contributed by atoms with Crippen molar-refractivity contribution in [2.45, 2.75) is 63.9 Å². The highest BCUT2D eigenvalue weighted by atomic mass is 32.2. The number of anilines is 1. The topological polar surface area (TPSA) is 165 Å². The quantitative estimate of drug-likeness (QED) is 0.244. The van der Waals surface area contributed by atoms with Gasteiger partial charge in [-0.2, -0.15) is 0 Å². The van der Waals surface area contributed by atoms with Gasteiger partial charge in [-0.05, 0) is 58.2 Å². The summed E-state index contributed by atoms with van der Waals surface area (Å²) in [6.45, 7) is 8.40. The second kappa shape index (κ2) is 13.7. The molecule has 3 rings (SSSR count). The minimum absolute atomic E-state index is 0.00159. The number of rotatable bonds is 12. The highest BCUT2D eigenvalue weighted by Gasteiger charge is 2.24. The number of sulfonamides is 1. The lowest BCUT2D eigenvalue weighted by Gasteiger charge is -2.23. The number of ether oxygens (including phenoxy) is 1. The maximum atomic E-state index is 13.4. The number of fused-ring (bicyclic) bond motifs is 1. The summed E-state index contributed by atoms with van der Waals surface area (Å²) in [7, 11) is -3.89. The smallest absolute Gasteiger partial charge is 0.407 e. The summed E-state index contributed by atoms with van der Waals surface area (Å²) in [4.78, 5) is 39.2. The number of hydroxylamine groups is 2. The molecule has 0 saturated heterocycles. The van der Waals surface area contributed by atoms with Crippen molar-refractivity contribution in [3.63, 3.8) is 0 Å². The van der Waals surface area contributed by atoms with Crippen molar-refractivity contribution in [1.29, 1.82) is 0 Å². The van der Waals surface area contributed by atoms with Gasteiger partial charge in [0.2, 0.25) is 0 Å². The van der Waals surface area contributed by atoms with Crippen LogP contribution < -0.4 is 15.8 Å². The SMILES string of the molecule is CCCN(OCCCCNC(=O)OC(C)(C)C)C(=O)C1=Cc2ccc(S(=O)(=O)Nc3nccs3)cc2N=C(N)C1. The molecule has 0 fully saturated rings. The Balaban J connectivity index is 1.64. The van der Waals surface area contributed by atoms with Crippen molar-refractivity contribution in [3.8, 4) is 0 Å². The zero-order valence-corrected chi connectivity index (χ0v) is 24.7. The summed E-state index contributed by atoms with van der Waals surface area (Å²) >= 11 is 1.16. The first-order valence-corrected chi connectivity index (χ1v) is 15.3. The fourth-order valence-electron chi connectivity index (χ4n) is 3.62. The second-order valence-corrected chi connectivity index (χ2v) is 12.6. The van der Waals surface area contributed by atoms with E-state index in [9.17, 15) is 18.0 Å². The molecule has 1 aliphatic heterocycles. The van der Waals surface area contributed by atoms with Crippen molar-refractivity contribution in [2.24, 2.45) is 10.7 Å². The van der Waals surface area contributed by atoms with E-state index in [1.807, 2.05) is 6.92 Å². The summed E-state index contributed by atoms with van der Waals surface area (Å²) in [6.07, 6.45) is 4.69. The van der Waals surface area contributed by atoms with Crippen molar-refractivity contribution < 1.29 is 27.6 Å². The third-order valence-corrected chi connectivity index (χ3v) is 7.50. The predicted molar refractivity (Wildman–Crippen MR) is 155 cm³/mol. The van der Waals surface area contributed by atoms with E-state index in [2.05, 4.69) is 20.0 Å². The fraction of sp³-hybridized carbons (Fsp3) is 0.462. The van der Waals surface area contributed by atoms with E-state index in [0.717, 1.165) is 11.3 Å². The van der Waals surface area contributed by atoms with Crippen LogP contribution in [0.4, 0.5) is 15.6 Å². The third kappa shape index (κ3) is 9.31. The van der Waals surface area contributed by atoms with Crippen molar-refractivity contribution in [2.75, 3.05) is 24.4 Å². The van der Waals surface area contributed by atoms with Gasteiger partial charge in [-0.15, -0.1) is 11.3 Å². The molecule has 4 N–H and O–H groups in total. The van der Waals surface area contributed by atoms with Crippen LogP contribution in [0.15, 0.2) is 45.2 Å². The number of hydrogen-bond acceptors (Lipinski definition) is 10. The highest BCUT2D eigenvalue weighted by molar-refractivity contribution is 7.93. The number of nitrogens with one attached hydrogen (secondary N) is 2. The molecule has 0 aliphatic carbocycles. The maximum absolute atomic E-state index is 13.4. The molecule has 0 bridgehead atoms. The predicted octanol–water partition coefficient (Wildman–Crippen LogP) is 4.19. The lowest BCUT2D eigenvalue weighted by atomic mass is 10.1. The van der Waals surface area contributed by atoms with Gasteiger partial charge in [0, 0.05) is 42.2 Å². The van der Waals surface area contributed by atoms with E-state index < -0.39 is 21.7 Å². The Labute approximate surface area is 238 Å². The van der Waals surface area contributed by atoms with E-state index in [4.69, 9.17) is 15.3 Å². The maximum Gasteiger partial charge on any atom is 0.407 e. The number of aliphatic imine (C=N–C) groups is 1. The van der Waals surface area contributed by atoms with Crippen LogP contribution >= 0.6 is 11.3 Å². The van der Waals surface area contributed by atoms with E-state index >= 15 is 0 Å². The van der Waals surface area contributed by atoms with Gasteiger partial charge in [0.25, 0.3) is 15.9 Å². The number of benzene rings is 1. The lowest BCUT2D eigenvalue weighted by Crippen LogP contribution is -2.35. The average Bonchev–Trinajstić information content (AvgIpc) is 3.30. The molecule has 0 spiro atoms. The van der Waals surface area contributed by atoms with Crippen LogP contribution in [0, 0.1) is 0 Å². The number of alkyl carbamates (subject to hydrolysis) is 1. The van der Waals surface area contributed by atoms with Gasteiger partial charge in [0.15, 0.2) is 5.13 Å². The second-order valence-electron chi connectivity index (χ2n) is 9.99. The fourth-order valence-corrected chi connectivity index (χ4v) is 5.43. The third-order valence-electron chi connectivity index (χ3n) is 5.35.